The molecule has 2 rings (SSSR count). The summed E-state index contributed by atoms with van der Waals surface area (Å²) in [6.45, 7) is 1.90. The number of carbonyl (C=O) groups excluding carboxylic acids is 1. The van der Waals surface area contributed by atoms with E-state index in [1.807, 2.05) is 13.0 Å². The predicted molar refractivity (Wildman–Crippen MR) is 50.1 cm³/mol. The van der Waals surface area contributed by atoms with E-state index in [4.69, 9.17) is 0 Å². The topological polar surface area (TPSA) is 53.1 Å². The second kappa shape index (κ2) is 2.62. The molecule has 13 heavy (non-hydrogen) atoms. The van der Waals surface area contributed by atoms with Gasteiger partial charge in [0, 0.05) is 5.39 Å². The summed E-state index contributed by atoms with van der Waals surface area (Å²) < 4.78 is 0. The van der Waals surface area contributed by atoms with E-state index in [-0.39, 0.29) is 5.75 Å². The molecule has 0 aliphatic heterocycles. The summed E-state index contributed by atoms with van der Waals surface area (Å²) in [6.07, 6.45) is 0.731. The number of aromatic amines is 1. The third kappa shape index (κ3) is 1.18. The van der Waals surface area contributed by atoms with Crippen molar-refractivity contribution in [1.29, 1.82) is 0 Å². The fraction of sp³-hybridized carbons (Fsp3) is 0.100. The molecule has 0 atom stereocenters. The Labute approximate surface area is 75.0 Å². The molecule has 0 aliphatic rings. The van der Waals surface area contributed by atoms with Crippen LogP contribution in [0.25, 0.3) is 10.9 Å². The highest BCUT2D eigenvalue weighted by atomic mass is 16.3. The van der Waals surface area contributed by atoms with E-state index < -0.39 is 0 Å². The molecular weight excluding hydrogens is 166 g/mol. The summed E-state index contributed by atoms with van der Waals surface area (Å²) in [5.41, 5.74) is 2.07. The normalized spacial score (nSPS) is 10.5. The number of fused-ring (bicyclic) bond motifs is 1. The Bertz CT molecular complexity index is 471. The van der Waals surface area contributed by atoms with Gasteiger partial charge in [-0.05, 0) is 30.7 Å². The van der Waals surface area contributed by atoms with Crippen LogP contribution in [-0.4, -0.2) is 16.4 Å². The van der Waals surface area contributed by atoms with Crippen molar-refractivity contribution in [1.82, 2.24) is 4.98 Å². The third-order valence-electron chi connectivity index (χ3n) is 2.00. The van der Waals surface area contributed by atoms with Crippen LogP contribution in [0.3, 0.4) is 0 Å². The Morgan fingerprint density at radius 1 is 1.38 bits per heavy atom. The van der Waals surface area contributed by atoms with Gasteiger partial charge in [-0.1, -0.05) is 0 Å². The molecule has 0 amide bonds. The van der Waals surface area contributed by atoms with Crippen molar-refractivity contribution >= 4 is 17.2 Å². The van der Waals surface area contributed by atoms with Crippen LogP contribution in [0.15, 0.2) is 18.2 Å². The highest BCUT2D eigenvalue weighted by Gasteiger charge is 2.04. The van der Waals surface area contributed by atoms with Crippen LogP contribution < -0.4 is 0 Å². The minimum Gasteiger partial charge on any atom is -0.506 e. The van der Waals surface area contributed by atoms with Gasteiger partial charge in [-0.3, -0.25) is 4.79 Å². The monoisotopic (exact) mass is 175 g/mol. The molecule has 0 fully saturated rings. The highest BCUT2D eigenvalue weighted by molar-refractivity contribution is 5.91. The van der Waals surface area contributed by atoms with Crippen LogP contribution in [0, 0.1) is 6.92 Å². The first kappa shape index (κ1) is 7.86. The van der Waals surface area contributed by atoms with E-state index in [1.165, 1.54) is 0 Å². The first-order chi connectivity index (χ1) is 6.20. The van der Waals surface area contributed by atoms with Gasteiger partial charge in [0.15, 0.2) is 6.29 Å². The Morgan fingerprint density at radius 3 is 2.85 bits per heavy atom. The summed E-state index contributed by atoms with van der Waals surface area (Å²) in [7, 11) is 0. The van der Waals surface area contributed by atoms with Gasteiger partial charge >= 0.3 is 0 Å². The van der Waals surface area contributed by atoms with Crippen molar-refractivity contribution in [2.45, 2.75) is 6.92 Å². The van der Waals surface area contributed by atoms with Crippen molar-refractivity contribution in [2.24, 2.45) is 0 Å². The number of hydrogen-bond donors (Lipinski definition) is 2. The fourth-order valence-corrected chi connectivity index (χ4v) is 1.46. The minimum atomic E-state index is 0.183. The molecule has 0 bridgehead atoms. The molecule has 0 radical (unpaired) electrons. The second-order valence-electron chi connectivity index (χ2n) is 3.09. The molecule has 1 heterocycles. The molecule has 3 heteroatoms. The summed E-state index contributed by atoms with van der Waals surface area (Å²) in [5.74, 6) is 0.183. The predicted octanol–water partition coefficient (Wildman–Crippen LogP) is 1.99. The number of phenols is 1. The lowest BCUT2D eigenvalue weighted by Gasteiger charge is -1.96. The average Bonchev–Trinajstić information content (AvgIpc) is 2.47. The van der Waals surface area contributed by atoms with Crippen LogP contribution in [0.1, 0.15) is 16.1 Å². The van der Waals surface area contributed by atoms with Gasteiger partial charge in [-0.25, -0.2) is 0 Å². The minimum absolute atomic E-state index is 0.183. The Morgan fingerprint density at radius 2 is 2.15 bits per heavy atom. The zero-order valence-electron chi connectivity index (χ0n) is 7.16. The van der Waals surface area contributed by atoms with Crippen molar-refractivity contribution < 1.29 is 9.90 Å². The van der Waals surface area contributed by atoms with E-state index >= 15 is 0 Å². The van der Waals surface area contributed by atoms with Crippen molar-refractivity contribution in [3.8, 4) is 5.75 Å². The van der Waals surface area contributed by atoms with E-state index in [1.54, 1.807) is 12.1 Å². The number of aldehydes is 1. The number of carbonyl (C=O) groups is 1. The molecule has 0 spiro atoms. The fourth-order valence-electron chi connectivity index (χ4n) is 1.46. The number of benzene rings is 1. The second-order valence-corrected chi connectivity index (χ2v) is 3.09. The van der Waals surface area contributed by atoms with Gasteiger partial charge in [-0.2, -0.15) is 0 Å². The number of aromatic hydroxyl groups is 1. The van der Waals surface area contributed by atoms with Crippen LogP contribution in [0.5, 0.6) is 5.75 Å². The van der Waals surface area contributed by atoms with Gasteiger partial charge in [0.2, 0.25) is 0 Å². The van der Waals surface area contributed by atoms with Gasteiger partial charge in [-0.15, -0.1) is 0 Å². The molecule has 1 aromatic heterocycles. The van der Waals surface area contributed by atoms with Crippen LogP contribution in [0.4, 0.5) is 0 Å². The molecule has 3 nitrogen and oxygen atoms in total. The summed E-state index contributed by atoms with van der Waals surface area (Å²) in [4.78, 5) is 13.3. The number of hydrogen-bond acceptors (Lipinski definition) is 2. The van der Waals surface area contributed by atoms with Crippen molar-refractivity contribution in [3.63, 3.8) is 0 Å². The van der Waals surface area contributed by atoms with Crippen LogP contribution in [0.2, 0.25) is 0 Å². The van der Waals surface area contributed by atoms with Gasteiger partial charge in [0.1, 0.15) is 5.75 Å². The van der Waals surface area contributed by atoms with E-state index in [0.717, 1.165) is 17.2 Å². The SMILES string of the molecule is Cc1cc(O)c2[nH]c(C=O)cc2c1. The summed E-state index contributed by atoms with van der Waals surface area (Å²) >= 11 is 0. The molecular formula is C10H9NO2. The lowest BCUT2D eigenvalue weighted by Crippen LogP contribution is -1.76. The number of nitrogens with one attached hydrogen (secondary N) is 1. The smallest absolute Gasteiger partial charge is 0.166 e. The lowest BCUT2D eigenvalue weighted by atomic mass is 10.1. The molecule has 0 aliphatic carbocycles. The largest absolute Gasteiger partial charge is 0.506 e. The Hall–Kier alpha value is -1.77. The van der Waals surface area contributed by atoms with Crippen molar-refractivity contribution in [2.75, 3.05) is 0 Å². The maximum atomic E-state index is 10.5. The summed E-state index contributed by atoms with van der Waals surface area (Å²) in [6, 6.07) is 5.29. The standard InChI is InChI=1S/C10H9NO2/c1-6-2-7-4-8(5-12)11-10(7)9(13)3-6/h2-5,11,13H,1H3. The van der Waals surface area contributed by atoms with E-state index in [0.29, 0.717) is 11.2 Å². The molecule has 66 valence electrons. The van der Waals surface area contributed by atoms with E-state index in [9.17, 15) is 9.90 Å². The van der Waals surface area contributed by atoms with Crippen LogP contribution >= 0.6 is 0 Å². The van der Waals surface area contributed by atoms with Gasteiger partial charge < -0.3 is 10.1 Å². The number of aryl methyl sites for hydroxylation is 1. The average molecular weight is 175 g/mol. The third-order valence-corrected chi connectivity index (χ3v) is 2.00. The Kier molecular flexibility index (Phi) is 1.59. The van der Waals surface area contributed by atoms with Crippen molar-refractivity contribution in [3.05, 3.63) is 29.5 Å². The maximum absolute atomic E-state index is 10.5. The molecule has 0 unspecified atom stereocenters. The molecule has 0 saturated heterocycles. The van der Waals surface area contributed by atoms with Crippen LogP contribution in [-0.2, 0) is 0 Å². The maximum Gasteiger partial charge on any atom is 0.166 e. The zero-order chi connectivity index (χ0) is 9.42. The number of phenolic OH excluding ortho intramolecular Hbond substituents is 1. The lowest BCUT2D eigenvalue weighted by molar-refractivity contribution is 0.112. The number of rotatable bonds is 1. The van der Waals surface area contributed by atoms with Gasteiger partial charge in [0.05, 0.1) is 11.2 Å². The highest BCUT2D eigenvalue weighted by Crippen LogP contribution is 2.25. The zero-order valence-corrected chi connectivity index (χ0v) is 7.16. The first-order valence-electron chi connectivity index (χ1n) is 3.98. The quantitative estimate of drug-likeness (QED) is 0.651. The molecule has 2 N–H and O–H groups in total. The van der Waals surface area contributed by atoms with E-state index in [2.05, 4.69) is 4.98 Å². The molecule has 2 aromatic rings. The number of aromatic nitrogens is 1. The molecule has 1 aromatic carbocycles. The van der Waals surface area contributed by atoms with Gasteiger partial charge in [0.25, 0.3) is 0 Å². The molecule has 0 saturated carbocycles. The first-order valence-corrected chi connectivity index (χ1v) is 3.98. The number of H-pyrrole nitrogens is 1. The summed E-state index contributed by atoms with van der Waals surface area (Å²) in [5, 5.41) is 10.4. The Balaban J connectivity index is 2.82.